The molecule has 0 bridgehead atoms. The first-order valence-corrected chi connectivity index (χ1v) is 10.5. The number of aromatic nitrogens is 3. The average Bonchev–Trinajstić information content (AvgIpc) is 2.85. The number of anilines is 5. The van der Waals surface area contributed by atoms with E-state index in [4.69, 9.17) is 0 Å². The lowest BCUT2D eigenvalue weighted by Gasteiger charge is -2.12. The molecular formula is C26H19FN6O. The molecule has 5 aromatic rings. The molecule has 3 aromatic heterocycles. The Morgan fingerprint density at radius 2 is 1.53 bits per heavy atom. The number of pyridine rings is 3. The third-order valence-corrected chi connectivity index (χ3v) is 5.08. The molecule has 0 aliphatic carbocycles. The van der Waals surface area contributed by atoms with Crippen molar-refractivity contribution in [3.8, 4) is 0 Å². The first-order valence-electron chi connectivity index (χ1n) is 10.5. The van der Waals surface area contributed by atoms with Crippen molar-refractivity contribution >= 4 is 45.4 Å². The van der Waals surface area contributed by atoms with Crippen LogP contribution in [0.1, 0.15) is 10.4 Å². The van der Waals surface area contributed by atoms with Crippen LogP contribution in [0.25, 0.3) is 10.9 Å². The number of carbonyl (C=O) groups is 1. The van der Waals surface area contributed by atoms with E-state index >= 15 is 0 Å². The number of nitrogens with one attached hydrogen (secondary N) is 3. The molecule has 1 amide bonds. The third-order valence-electron chi connectivity index (χ3n) is 5.08. The fourth-order valence-electron chi connectivity index (χ4n) is 3.49. The van der Waals surface area contributed by atoms with Crippen LogP contribution in [-0.2, 0) is 0 Å². The normalized spacial score (nSPS) is 10.6. The van der Waals surface area contributed by atoms with Crippen LogP contribution in [0.15, 0.2) is 97.6 Å². The van der Waals surface area contributed by atoms with Crippen molar-refractivity contribution in [1.29, 1.82) is 0 Å². The van der Waals surface area contributed by atoms with Gasteiger partial charge in [-0.05, 0) is 60.7 Å². The Balaban J connectivity index is 1.33. The van der Waals surface area contributed by atoms with Crippen molar-refractivity contribution in [3.05, 3.63) is 109 Å². The van der Waals surface area contributed by atoms with Crippen molar-refractivity contribution in [2.45, 2.75) is 0 Å². The predicted octanol–water partition coefficient (Wildman–Crippen LogP) is 5.90. The van der Waals surface area contributed by atoms with Crippen molar-refractivity contribution in [2.75, 3.05) is 16.0 Å². The van der Waals surface area contributed by atoms with Crippen LogP contribution in [0.5, 0.6) is 0 Å². The van der Waals surface area contributed by atoms with Gasteiger partial charge in [0.1, 0.15) is 11.6 Å². The van der Waals surface area contributed by atoms with Crippen LogP contribution in [0.2, 0.25) is 0 Å². The molecule has 2 aromatic carbocycles. The number of amides is 1. The predicted molar refractivity (Wildman–Crippen MR) is 131 cm³/mol. The van der Waals surface area contributed by atoms with Gasteiger partial charge in [0.2, 0.25) is 0 Å². The molecule has 0 radical (unpaired) electrons. The first kappa shape index (κ1) is 21.0. The molecule has 3 N–H and O–H groups in total. The summed E-state index contributed by atoms with van der Waals surface area (Å²) in [5, 5.41) is 9.97. The Morgan fingerprint density at radius 3 is 2.41 bits per heavy atom. The van der Waals surface area contributed by atoms with Crippen LogP contribution in [-0.4, -0.2) is 20.9 Å². The number of hydrogen-bond donors (Lipinski definition) is 3. The van der Waals surface area contributed by atoms with Crippen LogP contribution in [0.3, 0.4) is 0 Å². The molecule has 5 rings (SSSR count). The summed E-state index contributed by atoms with van der Waals surface area (Å²) in [6, 6.07) is 20.5. The summed E-state index contributed by atoms with van der Waals surface area (Å²) in [6.45, 7) is 0. The average molecular weight is 450 g/mol. The third kappa shape index (κ3) is 4.81. The number of halogens is 1. The lowest BCUT2D eigenvalue weighted by atomic mass is 10.1. The highest BCUT2D eigenvalue weighted by molar-refractivity contribution is 6.04. The van der Waals surface area contributed by atoms with E-state index in [-0.39, 0.29) is 11.7 Å². The molecule has 7 nitrogen and oxygen atoms in total. The Bertz CT molecular complexity index is 1480. The second kappa shape index (κ2) is 9.33. The van der Waals surface area contributed by atoms with Gasteiger partial charge in [0, 0.05) is 64.6 Å². The van der Waals surface area contributed by atoms with E-state index < -0.39 is 0 Å². The minimum atomic E-state index is -0.343. The van der Waals surface area contributed by atoms with Crippen molar-refractivity contribution in [2.24, 2.45) is 0 Å². The molecule has 34 heavy (non-hydrogen) atoms. The number of fused-ring (bicyclic) bond motifs is 1. The summed E-state index contributed by atoms with van der Waals surface area (Å²) in [5.41, 5.74) is 4.16. The highest BCUT2D eigenvalue weighted by Gasteiger charge is 2.10. The largest absolute Gasteiger partial charge is 0.355 e. The number of nitrogens with zero attached hydrogens (tertiary/aromatic N) is 3. The fraction of sp³-hybridized carbons (Fsp3) is 0. The van der Waals surface area contributed by atoms with Gasteiger partial charge in [-0.15, -0.1) is 0 Å². The van der Waals surface area contributed by atoms with E-state index in [2.05, 4.69) is 30.9 Å². The Hall–Kier alpha value is -4.85. The van der Waals surface area contributed by atoms with Crippen LogP contribution < -0.4 is 16.0 Å². The van der Waals surface area contributed by atoms with Gasteiger partial charge in [0.25, 0.3) is 5.91 Å². The summed E-state index contributed by atoms with van der Waals surface area (Å²) in [4.78, 5) is 25.4. The Morgan fingerprint density at radius 1 is 0.735 bits per heavy atom. The van der Waals surface area contributed by atoms with Gasteiger partial charge >= 0.3 is 0 Å². The second-order valence-electron chi connectivity index (χ2n) is 7.47. The lowest BCUT2D eigenvalue weighted by molar-refractivity contribution is 0.102. The van der Waals surface area contributed by atoms with Gasteiger partial charge in [0.15, 0.2) is 0 Å². The molecule has 166 valence electrons. The molecule has 0 spiro atoms. The summed E-state index contributed by atoms with van der Waals surface area (Å²) in [7, 11) is 0. The number of rotatable bonds is 6. The summed E-state index contributed by atoms with van der Waals surface area (Å²) in [5.74, 6) is -0.231. The maximum absolute atomic E-state index is 13.8. The zero-order valence-corrected chi connectivity index (χ0v) is 17.9. The number of benzene rings is 2. The minimum Gasteiger partial charge on any atom is -0.355 e. The SMILES string of the molecule is O=C(Nc1cc(Nc2ccncc2)ccn1)c1cccc(Nc2ccnc3ccc(F)cc23)c1. The topological polar surface area (TPSA) is 91.8 Å². The zero-order valence-electron chi connectivity index (χ0n) is 17.9. The maximum Gasteiger partial charge on any atom is 0.256 e. The van der Waals surface area contributed by atoms with Gasteiger partial charge in [-0.25, -0.2) is 9.37 Å². The first-order chi connectivity index (χ1) is 16.6. The van der Waals surface area contributed by atoms with Crippen LogP contribution >= 0.6 is 0 Å². The molecule has 0 saturated carbocycles. The minimum absolute atomic E-state index is 0.303. The van der Waals surface area contributed by atoms with Gasteiger partial charge in [-0.3, -0.25) is 14.8 Å². The molecule has 3 heterocycles. The highest BCUT2D eigenvalue weighted by atomic mass is 19.1. The summed E-state index contributed by atoms with van der Waals surface area (Å²) in [6.07, 6.45) is 6.65. The van der Waals surface area contributed by atoms with Crippen LogP contribution in [0.4, 0.5) is 33.0 Å². The van der Waals surface area contributed by atoms with E-state index in [1.807, 2.05) is 24.3 Å². The summed E-state index contributed by atoms with van der Waals surface area (Å²) >= 11 is 0. The summed E-state index contributed by atoms with van der Waals surface area (Å²) < 4.78 is 13.8. The van der Waals surface area contributed by atoms with Gasteiger partial charge in [0.05, 0.1) is 5.52 Å². The molecule has 0 fully saturated rings. The quantitative estimate of drug-likeness (QED) is 0.298. The molecule has 0 saturated heterocycles. The maximum atomic E-state index is 13.8. The van der Waals surface area contributed by atoms with Gasteiger partial charge < -0.3 is 16.0 Å². The van der Waals surface area contributed by atoms with Crippen LogP contribution in [0, 0.1) is 5.82 Å². The molecule has 0 aliphatic rings. The van der Waals surface area contributed by atoms with E-state index in [0.717, 1.165) is 11.4 Å². The Kier molecular flexibility index (Phi) is 5.77. The molecule has 8 heteroatoms. The van der Waals surface area contributed by atoms with E-state index in [1.54, 1.807) is 61.2 Å². The number of hydrogen-bond acceptors (Lipinski definition) is 6. The standard InChI is InChI=1S/C26H19FN6O/c27-18-4-5-23-22(15-18)24(9-13-29-23)32-20-3-1-2-17(14-20)26(34)33-25-16-21(8-12-30-25)31-19-6-10-28-11-7-19/h1-16H,(H,29,32)(H2,28,30,31,33,34). The van der Waals surface area contributed by atoms with Crippen molar-refractivity contribution in [3.63, 3.8) is 0 Å². The lowest BCUT2D eigenvalue weighted by Crippen LogP contribution is -2.13. The smallest absolute Gasteiger partial charge is 0.256 e. The molecular weight excluding hydrogens is 431 g/mol. The van der Waals surface area contributed by atoms with Gasteiger partial charge in [-0.1, -0.05) is 6.07 Å². The zero-order chi connectivity index (χ0) is 23.3. The van der Waals surface area contributed by atoms with Crippen molar-refractivity contribution in [1.82, 2.24) is 15.0 Å². The number of carbonyl (C=O) groups excluding carboxylic acids is 1. The molecule has 0 aliphatic heterocycles. The fourth-order valence-corrected chi connectivity index (χ4v) is 3.49. The highest BCUT2D eigenvalue weighted by Crippen LogP contribution is 2.26. The second-order valence-corrected chi connectivity index (χ2v) is 7.47. The molecule has 0 atom stereocenters. The van der Waals surface area contributed by atoms with Crippen molar-refractivity contribution < 1.29 is 9.18 Å². The van der Waals surface area contributed by atoms with E-state index in [1.165, 1.54) is 12.1 Å². The van der Waals surface area contributed by atoms with E-state index in [0.29, 0.717) is 33.7 Å². The Labute approximate surface area is 194 Å². The van der Waals surface area contributed by atoms with E-state index in [9.17, 15) is 9.18 Å². The monoisotopic (exact) mass is 450 g/mol. The molecule has 0 unspecified atom stereocenters. The van der Waals surface area contributed by atoms with Gasteiger partial charge in [-0.2, -0.15) is 0 Å².